The predicted molar refractivity (Wildman–Crippen MR) is 120 cm³/mol. The van der Waals surface area contributed by atoms with Gasteiger partial charge in [-0.3, -0.25) is 4.79 Å². The molecule has 4 aromatic rings. The van der Waals surface area contributed by atoms with Gasteiger partial charge in [0.05, 0.1) is 24.9 Å². The van der Waals surface area contributed by atoms with E-state index in [4.69, 9.17) is 21.3 Å². The third-order valence-corrected chi connectivity index (χ3v) is 5.50. The van der Waals surface area contributed by atoms with Gasteiger partial charge in [-0.2, -0.15) is 9.78 Å². The van der Waals surface area contributed by atoms with Gasteiger partial charge in [-0.25, -0.2) is 4.98 Å². The van der Waals surface area contributed by atoms with Crippen molar-refractivity contribution >= 4 is 34.7 Å². The Labute approximate surface area is 183 Å². The molecule has 0 atom stereocenters. The van der Waals surface area contributed by atoms with Crippen LogP contribution in [0.15, 0.2) is 60.0 Å². The molecule has 2 aromatic carbocycles. The van der Waals surface area contributed by atoms with Crippen molar-refractivity contribution in [1.29, 1.82) is 0 Å². The van der Waals surface area contributed by atoms with Gasteiger partial charge in [0.15, 0.2) is 0 Å². The van der Waals surface area contributed by atoms with Crippen molar-refractivity contribution in [2.45, 2.75) is 13.3 Å². The lowest BCUT2D eigenvalue weighted by molar-refractivity contribution is -0.115. The summed E-state index contributed by atoms with van der Waals surface area (Å²) in [4.78, 5) is 17.2. The number of carbonyl (C=O) groups excluding carboxylic acids is 1. The molecule has 0 aliphatic heterocycles. The highest BCUT2D eigenvalue weighted by molar-refractivity contribution is 7.12. The van der Waals surface area contributed by atoms with Gasteiger partial charge >= 0.3 is 0 Å². The zero-order chi connectivity index (χ0) is 21.1. The molecule has 2 heterocycles. The molecule has 152 valence electrons. The number of hydrogen-bond donors (Lipinski definition) is 1. The van der Waals surface area contributed by atoms with E-state index >= 15 is 0 Å². The van der Waals surface area contributed by atoms with E-state index in [1.165, 1.54) is 11.3 Å². The number of aromatic nitrogens is 3. The third-order valence-electron chi connectivity index (χ3n) is 4.44. The molecule has 30 heavy (non-hydrogen) atoms. The Bertz CT molecular complexity index is 1170. The number of ether oxygens (including phenoxy) is 1. The minimum atomic E-state index is -0.134. The van der Waals surface area contributed by atoms with Crippen LogP contribution in [-0.2, 0) is 11.2 Å². The number of carbonyl (C=O) groups is 1. The minimum absolute atomic E-state index is 0.134. The number of methoxy groups -OCH3 is 1. The summed E-state index contributed by atoms with van der Waals surface area (Å²) < 4.78 is 6.86. The number of hydrogen-bond acceptors (Lipinski definition) is 5. The first kappa shape index (κ1) is 20.1. The van der Waals surface area contributed by atoms with Gasteiger partial charge in [0.1, 0.15) is 11.6 Å². The summed E-state index contributed by atoms with van der Waals surface area (Å²) in [5.74, 6) is 1.25. The molecule has 2 aromatic heterocycles. The second kappa shape index (κ2) is 8.69. The van der Waals surface area contributed by atoms with E-state index in [0.29, 0.717) is 16.0 Å². The number of rotatable bonds is 6. The number of thiazole rings is 1. The molecule has 1 N–H and O–H groups in total. The fourth-order valence-electron chi connectivity index (χ4n) is 2.96. The van der Waals surface area contributed by atoms with E-state index in [9.17, 15) is 4.79 Å². The summed E-state index contributed by atoms with van der Waals surface area (Å²) in [6, 6.07) is 16.8. The van der Waals surface area contributed by atoms with Gasteiger partial charge < -0.3 is 10.1 Å². The minimum Gasteiger partial charge on any atom is -0.497 e. The van der Waals surface area contributed by atoms with Crippen LogP contribution >= 0.6 is 22.9 Å². The standard InChI is InChI=1S/C22H19ClN4O2S/c1-14-11-20(25-21(28)12-15-3-7-17(23)8-4-15)27(26-14)22-24-19(13-30-22)16-5-9-18(29-2)10-6-16/h3-11,13H,12H2,1-2H3,(H,25,28). The predicted octanol–water partition coefficient (Wildman–Crippen LogP) is 5.15. The zero-order valence-corrected chi connectivity index (χ0v) is 18.0. The molecule has 0 unspecified atom stereocenters. The van der Waals surface area contributed by atoms with Crippen LogP contribution in [0.2, 0.25) is 5.02 Å². The highest BCUT2D eigenvalue weighted by atomic mass is 35.5. The maximum absolute atomic E-state index is 12.5. The molecule has 4 rings (SSSR count). The highest BCUT2D eigenvalue weighted by Crippen LogP contribution is 2.27. The Morgan fingerprint density at radius 1 is 1.17 bits per heavy atom. The molecule has 0 bridgehead atoms. The lowest BCUT2D eigenvalue weighted by atomic mass is 10.1. The van der Waals surface area contributed by atoms with Gasteiger partial charge in [0.2, 0.25) is 11.0 Å². The summed E-state index contributed by atoms with van der Waals surface area (Å²) in [7, 11) is 1.64. The quantitative estimate of drug-likeness (QED) is 0.452. The van der Waals surface area contributed by atoms with Crippen LogP contribution in [0, 0.1) is 6.92 Å². The Kier molecular flexibility index (Phi) is 5.83. The second-order valence-electron chi connectivity index (χ2n) is 6.68. The summed E-state index contributed by atoms with van der Waals surface area (Å²) in [6.45, 7) is 1.88. The van der Waals surface area contributed by atoms with Crippen molar-refractivity contribution < 1.29 is 9.53 Å². The number of nitrogens with one attached hydrogen (secondary N) is 1. The first-order chi connectivity index (χ1) is 14.5. The van der Waals surface area contributed by atoms with E-state index in [2.05, 4.69) is 10.4 Å². The van der Waals surface area contributed by atoms with E-state index in [-0.39, 0.29) is 12.3 Å². The van der Waals surface area contributed by atoms with Gasteiger partial charge in [-0.15, -0.1) is 11.3 Å². The number of anilines is 1. The van der Waals surface area contributed by atoms with Gasteiger partial charge in [-0.1, -0.05) is 23.7 Å². The number of amides is 1. The van der Waals surface area contributed by atoms with Gasteiger partial charge in [-0.05, 0) is 48.9 Å². The fraction of sp³-hybridized carbons (Fsp3) is 0.136. The first-order valence-corrected chi connectivity index (χ1v) is 10.5. The molecule has 0 fully saturated rings. The monoisotopic (exact) mass is 438 g/mol. The normalized spacial score (nSPS) is 10.8. The third kappa shape index (κ3) is 4.53. The molecule has 0 saturated carbocycles. The van der Waals surface area contributed by atoms with Crippen LogP contribution in [0.25, 0.3) is 16.4 Å². The molecule has 6 nitrogen and oxygen atoms in total. The van der Waals surface area contributed by atoms with Crippen LogP contribution < -0.4 is 10.1 Å². The largest absolute Gasteiger partial charge is 0.497 e. The highest BCUT2D eigenvalue weighted by Gasteiger charge is 2.15. The second-order valence-corrected chi connectivity index (χ2v) is 7.95. The van der Waals surface area contributed by atoms with Crippen molar-refractivity contribution in [3.8, 4) is 22.1 Å². The maximum atomic E-state index is 12.5. The SMILES string of the molecule is COc1ccc(-c2csc(-n3nc(C)cc3NC(=O)Cc3ccc(Cl)cc3)n2)cc1. The Morgan fingerprint density at radius 3 is 2.60 bits per heavy atom. The fourth-order valence-corrected chi connectivity index (χ4v) is 3.89. The summed E-state index contributed by atoms with van der Waals surface area (Å²) in [5.41, 5.74) is 3.49. The van der Waals surface area contributed by atoms with E-state index < -0.39 is 0 Å². The molecular weight excluding hydrogens is 420 g/mol. The Balaban J connectivity index is 1.53. The molecule has 0 aliphatic carbocycles. The number of nitrogens with zero attached hydrogens (tertiary/aromatic N) is 3. The van der Waals surface area contributed by atoms with Crippen LogP contribution in [0.1, 0.15) is 11.3 Å². The molecule has 0 spiro atoms. The molecule has 0 aliphatic rings. The number of benzene rings is 2. The zero-order valence-electron chi connectivity index (χ0n) is 16.4. The molecule has 1 amide bonds. The van der Waals surface area contributed by atoms with Crippen LogP contribution in [0.4, 0.5) is 5.82 Å². The van der Waals surface area contributed by atoms with Crippen LogP contribution in [0.3, 0.4) is 0 Å². The van der Waals surface area contributed by atoms with Crippen molar-refractivity contribution in [3.05, 3.63) is 76.3 Å². The molecule has 0 radical (unpaired) electrons. The topological polar surface area (TPSA) is 69.0 Å². The smallest absolute Gasteiger partial charge is 0.229 e. The van der Waals surface area contributed by atoms with E-state index in [1.807, 2.05) is 54.8 Å². The first-order valence-electron chi connectivity index (χ1n) is 9.23. The van der Waals surface area contributed by atoms with E-state index in [1.54, 1.807) is 23.9 Å². The number of aryl methyl sites for hydroxylation is 1. The summed E-state index contributed by atoms with van der Waals surface area (Å²) >= 11 is 7.37. The van der Waals surface area contributed by atoms with Crippen LogP contribution in [0.5, 0.6) is 5.75 Å². The lowest BCUT2D eigenvalue weighted by Gasteiger charge is -2.07. The Morgan fingerprint density at radius 2 is 1.90 bits per heavy atom. The Hall–Kier alpha value is -3.16. The average molecular weight is 439 g/mol. The van der Waals surface area contributed by atoms with Crippen LogP contribution in [-0.4, -0.2) is 27.8 Å². The average Bonchev–Trinajstić information content (AvgIpc) is 3.36. The molecule has 8 heteroatoms. The van der Waals surface area contributed by atoms with Crippen molar-refractivity contribution in [3.63, 3.8) is 0 Å². The van der Waals surface area contributed by atoms with Gasteiger partial charge in [0, 0.05) is 22.0 Å². The van der Waals surface area contributed by atoms with Crippen molar-refractivity contribution in [2.24, 2.45) is 0 Å². The van der Waals surface area contributed by atoms with E-state index in [0.717, 1.165) is 28.3 Å². The summed E-state index contributed by atoms with van der Waals surface area (Å²) in [6.07, 6.45) is 0.246. The summed E-state index contributed by atoms with van der Waals surface area (Å²) in [5, 5.41) is 10.7. The number of halogens is 1. The maximum Gasteiger partial charge on any atom is 0.229 e. The lowest BCUT2D eigenvalue weighted by Crippen LogP contribution is -2.17. The molecule has 0 saturated heterocycles. The van der Waals surface area contributed by atoms with Crippen molar-refractivity contribution in [1.82, 2.24) is 14.8 Å². The van der Waals surface area contributed by atoms with Gasteiger partial charge in [0.25, 0.3) is 0 Å². The van der Waals surface area contributed by atoms with Crippen molar-refractivity contribution in [2.75, 3.05) is 12.4 Å². The molecular formula is C22H19ClN4O2S.